The molecule has 0 heterocycles. The molecule has 0 spiro atoms. The maximum absolute atomic E-state index is 8.37. The first-order chi connectivity index (χ1) is 4.12. The average Bonchev–Trinajstić information content (AvgIpc) is 1.64. The molecule has 9 heavy (non-hydrogen) atoms. The van der Waals surface area contributed by atoms with Gasteiger partial charge >= 0.3 is 0 Å². The molecule has 0 amide bonds. The molecule has 0 aliphatic rings. The van der Waals surface area contributed by atoms with Crippen molar-refractivity contribution in [2.24, 2.45) is 0 Å². The number of nitrogens with zero attached hydrogens (tertiary/aromatic N) is 1. The standard InChI is InChI=1S/C6H13NS2/c1-9(2,5-3-7)6-4-8/h8H,4-6H2,1-2H3. The Bertz CT molecular complexity index is 115. The van der Waals surface area contributed by atoms with Crippen LogP contribution in [0, 0.1) is 11.3 Å². The lowest BCUT2D eigenvalue weighted by Gasteiger charge is -2.26. The molecule has 0 fully saturated rings. The van der Waals surface area contributed by atoms with Crippen LogP contribution in [0.3, 0.4) is 0 Å². The molecule has 0 atom stereocenters. The third kappa shape index (κ3) is 4.68. The molecule has 1 nitrogen and oxygen atoms in total. The van der Waals surface area contributed by atoms with Crippen LogP contribution in [-0.2, 0) is 0 Å². The lowest BCUT2D eigenvalue weighted by Crippen LogP contribution is -2.05. The van der Waals surface area contributed by atoms with Gasteiger partial charge < -0.3 is 0 Å². The predicted octanol–water partition coefficient (Wildman–Crippen LogP) is 1.50. The number of rotatable bonds is 3. The smallest absolute Gasteiger partial charge is 0.0715 e. The molecule has 3 heteroatoms. The van der Waals surface area contributed by atoms with E-state index in [1.165, 1.54) is 0 Å². The minimum Gasteiger partial charge on any atom is -0.233 e. The Balaban J connectivity index is 3.59. The van der Waals surface area contributed by atoms with Crippen molar-refractivity contribution in [3.8, 4) is 6.07 Å². The molecule has 0 unspecified atom stereocenters. The molecule has 0 saturated heterocycles. The molecule has 0 saturated carbocycles. The van der Waals surface area contributed by atoms with Crippen LogP contribution < -0.4 is 0 Å². The molecule has 0 aromatic carbocycles. The first kappa shape index (κ1) is 9.19. The van der Waals surface area contributed by atoms with Crippen LogP contribution in [0.2, 0.25) is 0 Å². The highest BCUT2D eigenvalue weighted by Crippen LogP contribution is 2.38. The van der Waals surface area contributed by atoms with Crippen molar-refractivity contribution in [3.05, 3.63) is 0 Å². The van der Waals surface area contributed by atoms with Gasteiger partial charge in [-0.05, 0) is 24.0 Å². The summed E-state index contributed by atoms with van der Waals surface area (Å²) in [7, 11) is -0.619. The second-order valence-electron chi connectivity index (χ2n) is 2.50. The Kier molecular flexibility index (Phi) is 4.16. The second kappa shape index (κ2) is 4.08. The Labute approximate surface area is 64.2 Å². The van der Waals surface area contributed by atoms with Crippen molar-refractivity contribution in [1.82, 2.24) is 0 Å². The largest absolute Gasteiger partial charge is 0.233 e. The summed E-state index contributed by atoms with van der Waals surface area (Å²) in [6.07, 6.45) is 4.35. The van der Waals surface area contributed by atoms with E-state index in [1.807, 2.05) is 0 Å². The number of hydrogen-bond donors (Lipinski definition) is 1. The van der Waals surface area contributed by atoms with Gasteiger partial charge in [-0.2, -0.15) is 17.9 Å². The van der Waals surface area contributed by atoms with E-state index in [9.17, 15) is 0 Å². The van der Waals surface area contributed by atoms with E-state index >= 15 is 0 Å². The second-order valence-corrected chi connectivity index (χ2v) is 7.18. The van der Waals surface area contributed by atoms with Gasteiger partial charge in [-0.1, -0.05) is 0 Å². The molecule has 0 radical (unpaired) electrons. The number of hydrogen-bond acceptors (Lipinski definition) is 2. The van der Waals surface area contributed by atoms with Gasteiger partial charge in [-0.3, -0.25) is 0 Å². The van der Waals surface area contributed by atoms with Gasteiger partial charge in [0.25, 0.3) is 0 Å². The van der Waals surface area contributed by atoms with Crippen molar-refractivity contribution in [1.29, 1.82) is 5.26 Å². The fourth-order valence-electron chi connectivity index (χ4n) is 0.494. The third-order valence-corrected chi connectivity index (χ3v) is 3.85. The summed E-state index contributed by atoms with van der Waals surface area (Å²) in [5.74, 6) is 2.72. The van der Waals surface area contributed by atoms with E-state index in [2.05, 4.69) is 31.2 Å². The fraction of sp³-hybridized carbons (Fsp3) is 0.833. The first-order valence-electron chi connectivity index (χ1n) is 2.79. The van der Waals surface area contributed by atoms with Gasteiger partial charge in [0.15, 0.2) is 0 Å². The van der Waals surface area contributed by atoms with Crippen LogP contribution in [-0.4, -0.2) is 29.8 Å². The van der Waals surface area contributed by atoms with E-state index in [-0.39, 0.29) is 0 Å². The Morgan fingerprint density at radius 1 is 1.56 bits per heavy atom. The third-order valence-electron chi connectivity index (χ3n) is 1.10. The fourth-order valence-corrected chi connectivity index (χ4v) is 2.96. The SMILES string of the molecule is CS(C)(CC#N)CCS. The molecule has 0 bridgehead atoms. The predicted molar refractivity (Wildman–Crippen MR) is 48.6 cm³/mol. The van der Waals surface area contributed by atoms with E-state index in [0.29, 0.717) is 5.75 Å². The first-order valence-corrected chi connectivity index (χ1v) is 6.21. The van der Waals surface area contributed by atoms with Gasteiger partial charge in [0, 0.05) is 0 Å². The van der Waals surface area contributed by atoms with Crippen molar-refractivity contribution in [2.75, 3.05) is 29.8 Å². The summed E-state index contributed by atoms with van der Waals surface area (Å²) in [6, 6.07) is 2.20. The normalized spacial score (nSPS) is 12.7. The lowest BCUT2D eigenvalue weighted by molar-refractivity contribution is 1.46. The lowest BCUT2D eigenvalue weighted by atomic mass is 10.9. The summed E-state index contributed by atoms with van der Waals surface area (Å²) in [5, 5.41) is 8.37. The van der Waals surface area contributed by atoms with Crippen LogP contribution in [0.15, 0.2) is 0 Å². The molecule has 54 valence electrons. The van der Waals surface area contributed by atoms with E-state index in [1.54, 1.807) is 0 Å². The molecular weight excluding hydrogens is 150 g/mol. The maximum Gasteiger partial charge on any atom is 0.0715 e. The zero-order valence-corrected chi connectivity index (χ0v) is 7.63. The minimum absolute atomic E-state index is 0.619. The summed E-state index contributed by atoms with van der Waals surface area (Å²) in [5.41, 5.74) is 0. The highest BCUT2D eigenvalue weighted by atomic mass is 32.3. The number of nitriles is 1. The summed E-state index contributed by atoms with van der Waals surface area (Å²) in [6.45, 7) is 0. The molecule has 0 aliphatic carbocycles. The van der Waals surface area contributed by atoms with E-state index < -0.39 is 10.0 Å². The van der Waals surface area contributed by atoms with Gasteiger partial charge in [0.2, 0.25) is 0 Å². The molecule has 0 N–H and O–H groups in total. The molecule has 0 aromatic heterocycles. The van der Waals surface area contributed by atoms with Gasteiger partial charge in [-0.15, -0.1) is 0 Å². The topological polar surface area (TPSA) is 23.8 Å². The number of thiol groups is 1. The van der Waals surface area contributed by atoms with Crippen molar-refractivity contribution < 1.29 is 0 Å². The van der Waals surface area contributed by atoms with Crippen LogP contribution >= 0.6 is 22.7 Å². The van der Waals surface area contributed by atoms with Crippen LogP contribution in [0.1, 0.15) is 0 Å². The monoisotopic (exact) mass is 163 g/mol. The van der Waals surface area contributed by atoms with Crippen LogP contribution in [0.5, 0.6) is 0 Å². The van der Waals surface area contributed by atoms with Crippen LogP contribution in [0.4, 0.5) is 0 Å². The molecule has 0 aromatic rings. The van der Waals surface area contributed by atoms with E-state index in [4.69, 9.17) is 5.26 Å². The highest BCUT2D eigenvalue weighted by molar-refractivity contribution is 8.33. The summed E-state index contributed by atoms with van der Waals surface area (Å²) in [4.78, 5) is 0. The average molecular weight is 163 g/mol. The quantitative estimate of drug-likeness (QED) is 0.626. The van der Waals surface area contributed by atoms with Crippen molar-refractivity contribution >= 4 is 22.7 Å². The van der Waals surface area contributed by atoms with Crippen LogP contribution in [0.25, 0.3) is 0 Å². The Hall–Kier alpha value is 0.190. The molecule has 0 rings (SSSR count). The summed E-state index contributed by atoms with van der Waals surface area (Å²) < 4.78 is 0. The minimum atomic E-state index is -0.619. The van der Waals surface area contributed by atoms with Gasteiger partial charge in [-0.25, -0.2) is 10.0 Å². The Morgan fingerprint density at radius 2 is 2.11 bits per heavy atom. The van der Waals surface area contributed by atoms with Crippen molar-refractivity contribution in [3.63, 3.8) is 0 Å². The molecule has 0 aliphatic heterocycles. The van der Waals surface area contributed by atoms with E-state index in [0.717, 1.165) is 11.5 Å². The molecular formula is C6H13NS2. The summed E-state index contributed by atoms with van der Waals surface area (Å²) >= 11 is 4.12. The van der Waals surface area contributed by atoms with Gasteiger partial charge in [0.1, 0.15) is 0 Å². The van der Waals surface area contributed by atoms with Crippen molar-refractivity contribution in [2.45, 2.75) is 0 Å². The zero-order valence-electron chi connectivity index (χ0n) is 5.92. The maximum atomic E-state index is 8.37. The zero-order chi connectivity index (χ0) is 7.33. The Morgan fingerprint density at radius 3 is 2.44 bits per heavy atom. The highest BCUT2D eigenvalue weighted by Gasteiger charge is 2.08. The van der Waals surface area contributed by atoms with Gasteiger partial charge in [0.05, 0.1) is 11.8 Å².